The average molecular weight is 470 g/mol. The highest BCUT2D eigenvalue weighted by atomic mass is 35.5. The Kier molecular flexibility index (Phi) is 6.37. The number of nitrogens with zero attached hydrogens (tertiary/aromatic N) is 5. The molecule has 5 rings (SSSR count). The average Bonchev–Trinajstić information content (AvgIpc) is 3.53. The Balaban J connectivity index is 1.39. The minimum atomic E-state index is -0.477. The van der Waals surface area contributed by atoms with Crippen molar-refractivity contribution in [1.29, 1.82) is 0 Å². The molecule has 11 heteroatoms. The van der Waals surface area contributed by atoms with Gasteiger partial charge in [-0.25, -0.2) is 14.6 Å². The molecule has 0 bridgehead atoms. The molecule has 0 amide bonds. The molecule has 0 radical (unpaired) electrons. The van der Waals surface area contributed by atoms with E-state index in [9.17, 15) is 5.11 Å². The van der Waals surface area contributed by atoms with Gasteiger partial charge in [0.15, 0.2) is 27.3 Å². The van der Waals surface area contributed by atoms with E-state index in [2.05, 4.69) is 27.2 Å². The number of hydrogen-bond acceptors (Lipinski definition) is 9. The third kappa shape index (κ3) is 4.18. The summed E-state index contributed by atoms with van der Waals surface area (Å²) in [6.07, 6.45) is 5.57. The van der Waals surface area contributed by atoms with Crippen LogP contribution in [0.15, 0.2) is 5.16 Å². The summed E-state index contributed by atoms with van der Waals surface area (Å²) in [6.45, 7) is 2.99. The SMILES string of the molecule is CCCSc1nc(Cl)c2nnn(CC3CC(OCCO)C4OC5(CCCC5)OC34)c2n1. The highest BCUT2D eigenvalue weighted by Crippen LogP contribution is 2.49. The summed E-state index contributed by atoms with van der Waals surface area (Å²) < 4.78 is 20.7. The van der Waals surface area contributed by atoms with Crippen molar-refractivity contribution in [3.63, 3.8) is 0 Å². The smallest absolute Gasteiger partial charge is 0.191 e. The van der Waals surface area contributed by atoms with E-state index in [0.717, 1.165) is 44.3 Å². The highest BCUT2D eigenvalue weighted by Gasteiger charge is 2.58. The fourth-order valence-electron chi connectivity index (χ4n) is 4.98. The summed E-state index contributed by atoms with van der Waals surface area (Å²) in [4.78, 5) is 9.01. The fraction of sp³-hybridized carbons (Fsp3) is 0.800. The number of thioether (sulfide) groups is 1. The summed E-state index contributed by atoms with van der Waals surface area (Å²) in [5, 5.41) is 18.7. The second kappa shape index (κ2) is 9.07. The van der Waals surface area contributed by atoms with Gasteiger partial charge in [-0.1, -0.05) is 35.5 Å². The van der Waals surface area contributed by atoms with Crippen LogP contribution in [0.1, 0.15) is 45.4 Å². The fourth-order valence-corrected chi connectivity index (χ4v) is 5.93. The molecule has 1 spiro atoms. The lowest BCUT2D eigenvalue weighted by molar-refractivity contribution is -0.191. The molecule has 4 atom stereocenters. The zero-order chi connectivity index (χ0) is 21.4. The van der Waals surface area contributed by atoms with Crippen LogP contribution in [0.4, 0.5) is 0 Å². The number of halogens is 1. The van der Waals surface area contributed by atoms with Crippen LogP contribution in [0.3, 0.4) is 0 Å². The number of rotatable bonds is 8. The van der Waals surface area contributed by atoms with Gasteiger partial charge >= 0.3 is 0 Å². The molecule has 0 aromatic carbocycles. The van der Waals surface area contributed by atoms with Gasteiger partial charge < -0.3 is 19.3 Å². The maximum Gasteiger partial charge on any atom is 0.191 e. The zero-order valence-electron chi connectivity index (χ0n) is 17.6. The Morgan fingerprint density at radius 3 is 2.84 bits per heavy atom. The van der Waals surface area contributed by atoms with Gasteiger partial charge in [-0.2, -0.15) is 0 Å². The molecule has 3 fully saturated rings. The Morgan fingerprint density at radius 2 is 2.06 bits per heavy atom. The van der Waals surface area contributed by atoms with Crippen molar-refractivity contribution in [3.8, 4) is 0 Å². The quantitative estimate of drug-likeness (QED) is 0.355. The molecule has 3 heterocycles. The summed E-state index contributed by atoms with van der Waals surface area (Å²) in [6, 6.07) is 0. The molecule has 4 unspecified atom stereocenters. The van der Waals surface area contributed by atoms with Crippen LogP contribution in [0.2, 0.25) is 5.15 Å². The Hall–Kier alpha value is -1.04. The van der Waals surface area contributed by atoms with Gasteiger partial charge in [0.05, 0.1) is 32.0 Å². The Bertz CT molecular complexity index is 924. The van der Waals surface area contributed by atoms with Crippen molar-refractivity contribution in [2.24, 2.45) is 5.92 Å². The standard InChI is InChI=1S/C20H28ClN5O4S/c1-2-9-31-19-22-17(21)14-18(23-19)26(25-24-14)11-12-10-13(28-8-7-27)16-15(12)29-20(30-16)5-3-4-6-20/h12-13,15-16,27H,2-11H2,1H3. The van der Waals surface area contributed by atoms with E-state index in [1.165, 1.54) is 0 Å². The lowest BCUT2D eigenvalue weighted by atomic mass is 10.1. The van der Waals surface area contributed by atoms with Crippen LogP contribution in [0, 0.1) is 5.92 Å². The van der Waals surface area contributed by atoms with Crippen LogP contribution in [0.5, 0.6) is 0 Å². The molecule has 170 valence electrons. The molecule has 31 heavy (non-hydrogen) atoms. The van der Waals surface area contributed by atoms with E-state index in [0.29, 0.717) is 34.6 Å². The minimum absolute atomic E-state index is 0.00805. The molecular weight excluding hydrogens is 442 g/mol. The van der Waals surface area contributed by atoms with Crippen LogP contribution < -0.4 is 0 Å². The first-order valence-electron chi connectivity index (χ1n) is 11.1. The van der Waals surface area contributed by atoms with Gasteiger partial charge in [0.1, 0.15) is 6.10 Å². The van der Waals surface area contributed by atoms with Crippen LogP contribution in [0.25, 0.3) is 11.2 Å². The van der Waals surface area contributed by atoms with E-state index in [-0.39, 0.29) is 30.8 Å². The first kappa shape index (κ1) is 21.8. The van der Waals surface area contributed by atoms with Crippen molar-refractivity contribution in [3.05, 3.63) is 5.15 Å². The summed E-state index contributed by atoms with van der Waals surface area (Å²) in [5.41, 5.74) is 1.16. The van der Waals surface area contributed by atoms with Gasteiger partial charge in [-0.3, -0.25) is 0 Å². The molecule has 1 saturated heterocycles. The second-order valence-corrected chi connectivity index (χ2v) is 9.92. The molecule has 9 nitrogen and oxygen atoms in total. The molecule has 2 aliphatic carbocycles. The van der Waals surface area contributed by atoms with Gasteiger partial charge in [0.2, 0.25) is 0 Å². The Labute approximate surface area is 190 Å². The van der Waals surface area contributed by atoms with Gasteiger partial charge in [-0.05, 0) is 25.7 Å². The van der Waals surface area contributed by atoms with Crippen molar-refractivity contribution < 1.29 is 19.3 Å². The topological polar surface area (TPSA) is 104 Å². The summed E-state index contributed by atoms with van der Waals surface area (Å²) >= 11 is 7.93. The van der Waals surface area contributed by atoms with Gasteiger partial charge in [0, 0.05) is 24.5 Å². The number of aliphatic hydroxyl groups is 1. The van der Waals surface area contributed by atoms with Gasteiger partial charge in [-0.15, -0.1) is 5.10 Å². The molecule has 3 aliphatic rings. The highest BCUT2D eigenvalue weighted by molar-refractivity contribution is 7.99. The zero-order valence-corrected chi connectivity index (χ0v) is 19.1. The van der Waals surface area contributed by atoms with Crippen molar-refractivity contribution >= 4 is 34.5 Å². The summed E-state index contributed by atoms with van der Waals surface area (Å²) in [5.74, 6) is 0.584. The molecule has 2 saturated carbocycles. The molecular formula is C20H28ClN5O4S. The third-order valence-electron chi connectivity index (χ3n) is 6.32. The lowest BCUT2D eigenvalue weighted by Crippen LogP contribution is -2.32. The van der Waals surface area contributed by atoms with E-state index in [4.69, 9.17) is 25.8 Å². The van der Waals surface area contributed by atoms with Crippen LogP contribution >= 0.6 is 23.4 Å². The Morgan fingerprint density at radius 1 is 1.26 bits per heavy atom. The minimum Gasteiger partial charge on any atom is -0.394 e. The van der Waals surface area contributed by atoms with Crippen molar-refractivity contribution in [1.82, 2.24) is 25.0 Å². The number of aliphatic hydroxyl groups excluding tert-OH is 1. The van der Waals surface area contributed by atoms with Crippen LogP contribution in [-0.4, -0.2) is 73.1 Å². The predicted octanol–water partition coefficient (Wildman–Crippen LogP) is 2.83. The van der Waals surface area contributed by atoms with E-state index < -0.39 is 5.79 Å². The lowest BCUT2D eigenvalue weighted by Gasteiger charge is -2.26. The number of fused-ring (bicyclic) bond motifs is 2. The monoisotopic (exact) mass is 469 g/mol. The molecule has 1 aliphatic heterocycles. The van der Waals surface area contributed by atoms with E-state index in [1.54, 1.807) is 16.4 Å². The molecule has 1 N–H and O–H groups in total. The van der Waals surface area contributed by atoms with Crippen LogP contribution in [-0.2, 0) is 20.8 Å². The number of aromatic nitrogens is 5. The maximum absolute atomic E-state index is 9.23. The maximum atomic E-state index is 9.23. The summed E-state index contributed by atoms with van der Waals surface area (Å²) in [7, 11) is 0. The van der Waals surface area contributed by atoms with E-state index >= 15 is 0 Å². The first-order chi connectivity index (χ1) is 15.1. The first-order valence-corrected chi connectivity index (χ1v) is 12.5. The van der Waals surface area contributed by atoms with Gasteiger partial charge in [0.25, 0.3) is 0 Å². The largest absolute Gasteiger partial charge is 0.394 e. The number of hydrogen-bond donors (Lipinski definition) is 1. The van der Waals surface area contributed by atoms with Crippen molar-refractivity contribution in [2.45, 2.75) is 81.2 Å². The molecule has 2 aromatic rings. The second-order valence-electron chi connectivity index (χ2n) is 8.50. The van der Waals surface area contributed by atoms with Crippen molar-refractivity contribution in [2.75, 3.05) is 19.0 Å². The predicted molar refractivity (Wildman–Crippen MR) is 115 cm³/mol. The molecule has 2 aromatic heterocycles. The number of ether oxygens (including phenoxy) is 3. The normalized spacial score (nSPS) is 29.4. The third-order valence-corrected chi connectivity index (χ3v) is 7.64. The van der Waals surface area contributed by atoms with E-state index in [1.807, 2.05) is 0 Å².